The summed E-state index contributed by atoms with van der Waals surface area (Å²) in [4.78, 5) is 16.3. The van der Waals surface area contributed by atoms with E-state index in [1.54, 1.807) is 0 Å². The van der Waals surface area contributed by atoms with Gasteiger partial charge in [0.05, 0.1) is 19.3 Å². The number of benzene rings is 1. The van der Waals surface area contributed by atoms with Crippen LogP contribution in [0.2, 0.25) is 0 Å². The molecule has 1 aliphatic heterocycles. The van der Waals surface area contributed by atoms with Crippen LogP contribution in [0.4, 0.5) is 26.3 Å². The molecule has 152 valence electrons. The molecular formula is C16H13F6N3O3. The predicted molar refractivity (Wildman–Crippen MR) is 80.6 cm³/mol. The first-order valence-electron chi connectivity index (χ1n) is 7.97. The number of halogens is 6. The zero-order chi connectivity index (χ0) is 20.5. The molecule has 0 radical (unpaired) electrons. The van der Waals surface area contributed by atoms with E-state index in [0.717, 1.165) is 4.90 Å². The van der Waals surface area contributed by atoms with E-state index >= 15 is 0 Å². The second-order valence-electron chi connectivity index (χ2n) is 6.12. The first-order chi connectivity index (χ1) is 13.0. The third kappa shape index (κ3) is 4.80. The molecule has 0 bridgehead atoms. The third-order valence-corrected chi connectivity index (χ3v) is 3.97. The van der Waals surface area contributed by atoms with E-state index < -0.39 is 36.6 Å². The van der Waals surface area contributed by atoms with Crippen molar-refractivity contribution in [2.75, 3.05) is 13.2 Å². The Hall–Kier alpha value is -2.63. The summed E-state index contributed by atoms with van der Waals surface area (Å²) in [7, 11) is 0. The van der Waals surface area contributed by atoms with Crippen LogP contribution in [-0.4, -0.2) is 46.4 Å². The van der Waals surface area contributed by atoms with Gasteiger partial charge in [0, 0.05) is 12.1 Å². The number of carbonyl (C=O) groups is 1. The highest BCUT2D eigenvalue weighted by Gasteiger charge is 2.39. The molecule has 0 aliphatic carbocycles. The number of ether oxygens (including phenoxy) is 1. The number of aromatic nitrogens is 2. The van der Waals surface area contributed by atoms with Crippen molar-refractivity contribution in [3.05, 3.63) is 35.7 Å². The second kappa shape index (κ2) is 7.41. The van der Waals surface area contributed by atoms with Gasteiger partial charge >= 0.3 is 18.2 Å². The molecule has 0 unspecified atom stereocenters. The van der Waals surface area contributed by atoms with Gasteiger partial charge in [-0.15, -0.1) is 0 Å². The molecule has 2 heterocycles. The fourth-order valence-corrected chi connectivity index (χ4v) is 2.51. The maximum absolute atomic E-state index is 12.5. The highest BCUT2D eigenvalue weighted by molar-refractivity contribution is 5.77. The molecular weight excluding hydrogens is 396 g/mol. The average molecular weight is 409 g/mol. The van der Waals surface area contributed by atoms with Gasteiger partial charge in [0.2, 0.25) is 11.7 Å². The van der Waals surface area contributed by atoms with Crippen LogP contribution in [0.15, 0.2) is 28.8 Å². The van der Waals surface area contributed by atoms with Gasteiger partial charge in [0.1, 0.15) is 6.42 Å². The lowest BCUT2D eigenvalue weighted by atomic mass is 10.1. The van der Waals surface area contributed by atoms with Gasteiger partial charge < -0.3 is 14.2 Å². The first kappa shape index (κ1) is 20.1. The standard InChI is InChI=1S/C16H13F6N3O3/c17-15(18,19)5-12(26)25(11-7-27-8-11)6-9-1-3-10(4-2-9)13-23-14(28-24-13)16(20,21)22/h1-4,11H,5-8H2. The van der Waals surface area contributed by atoms with Crippen molar-refractivity contribution in [1.29, 1.82) is 0 Å². The Morgan fingerprint density at radius 1 is 1.11 bits per heavy atom. The Balaban J connectivity index is 1.72. The van der Waals surface area contributed by atoms with Gasteiger partial charge in [-0.25, -0.2) is 0 Å². The van der Waals surface area contributed by atoms with Gasteiger partial charge in [-0.2, -0.15) is 31.3 Å². The molecule has 3 rings (SSSR count). The number of alkyl halides is 6. The van der Waals surface area contributed by atoms with Crippen molar-refractivity contribution in [3.63, 3.8) is 0 Å². The molecule has 1 fully saturated rings. The molecule has 0 saturated carbocycles. The molecule has 28 heavy (non-hydrogen) atoms. The van der Waals surface area contributed by atoms with Crippen LogP contribution in [0.5, 0.6) is 0 Å². The lowest BCUT2D eigenvalue weighted by molar-refractivity contribution is -0.170. The summed E-state index contributed by atoms with van der Waals surface area (Å²) in [5.74, 6) is -2.84. The lowest BCUT2D eigenvalue weighted by Crippen LogP contribution is -2.52. The van der Waals surface area contributed by atoms with Gasteiger partial charge in [0.25, 0.3) is 0 Å². The van der Waals surface area contributed by atoms with Gasteiger partial charge in [-0.3, -0.25) is 4.79 Å². The van der Waals surface area contributed by atoms with E-state index in [2.05, 4.69) is 14.7 Å². The second-order valence-corrected chi connectivity index (χ2v) is 6.12. The van der Waals surface area contributed by atoms with Crippen molar-refractivity contribution in [1.82, 2.24) is 15.0 Å². The minimum absolute atomic E-state index is 0.0940. The molecule has 1 aromatic heterocycles. The van der Waals surface area contributed by atoms with E-state index in [4.69, 9.17) is 4.74 Å². The number of hydrogen-bond acceptors (Lipinski definition) is 5. The van der Waals surface area contributed by atoms with Crippen molar-refractivity contribution in [2.24, 2.45) is 0 Å². The quantitative estimate of drug-likeness (QED) is 0.708. The maximum atomic E-state index is 12.5. The van der Waals surface area contributed by atoms with Crippen molar-refractivity contribution < 1.29 is 40.4 Å². The lowest BCUT2D eigenvalue weighted by Gasteiger charge is -2.37. The molecule has 1 saturated heterocycles. The zero-order valence-corrected chi connectivity index (χ0v) is 14.0. The Morgan fingerprint density at radius 3 is 2.21 bits per heavy atom. The minimum Gasteiger partial charge on any atom is -0.377 e. The molecule has 0 N–H and O–H groups in total. The number of amides is 1. The molecule has 6 nitrogen and oxygen atoms in total. The monoisotopic (exact) mass is 409 g/mol. The topological polar surface area (TPSA) is 68.5 Å². The molecule has 12 heteroatoms. The van der Waals surface area contributed by atoms with Gasteiger partial charge in [-0.1, -0.05) is 29.4 Å². The first-order valence-corrected chi connectivity index (χ1v) is 7.97. The van der Waals surface area contributed by atoms with Crippen LogP contribution < -0.4 is 0 Å². The molecule has 0 atom stereocenters. The maximum Gasteiger partial charge on any atom is 0.471 e. The van der Waals surface area contributed by atoms with E-state index in [-0.39, 0.29) is 31.1 Å². The van der Waals surface area contributed by atoms with Crippen LogP contribution >= 0.6 is 0 Å². The summed E-state index contributed by atoms with van der Waals surface area (Å²) in [5.41, 5.74) is 0.717. The summed E-state index contributed by atoms with van der Waals surface area (Å²) >= 11 is 0. The van der Waals surface area contributed by atoms with Crippen molar-refractivity contribution in [2.45, 2.75) is 31.4 Å². The summed E-state index contributed by atoms with van der Waals surface area (Å²) in [6, 6.07) is 5.26. The summed E-state index contributed by atoms with van der Waals surface area (Å²) in [5, 5.41) is 3.25. The predicted octanol–water partition coefficient (Wildman–Crippen LogP) is 3.44. The Labute approximate surface area is 154 Å². The largest absolute Gasteiger partial charge is 0.471 e. The minimum atomic E-state index is -4.77. The van der Waals surface area contributed by atoms with Crippen LogP contribution in [0, 0.1) is 0 Å². The molecule has 1 aromatic carbocycles. The Bertz CT molecular complexity index is 827. The summed E-state index contributed by atoms with van der Waals surface area (Å²) < 4.78 is 84.2. The van der Waals surface area contributed by atoms with E-state index in [9.17, 15) is 31.1 Å². The summed E-state index contributed by atoms with van der Waals surface area (Å²) in [6.07, 6.45) is -11.0. The smallest absolute Gasteiger partial charge is 0.377 e. The molecule has 1 aliphatic rings. The zero-order valence-electron chi connectivity index (χ0n) is 14.0. The van der Waals surface area contributed by atoms with Gasteiger partial charge in [-0.05, 0) is 5.56 Å². The van der Waals surface area contributed by atoms with Crippen molar-refractivity contribution >= 4 is 5.91 Å². The van der Waals surface area contributed by atoms with Crippen LogP contribution in [0.25, 0.3) is 11.4 Å². The normalized spacial score (nSPS) is 15.4. The number of rotatable bonds is 5. The van der Waals surface area contributed by atoms with E-state index in [0.29, 0.717) is 5.56 Å². The highest BCUT2D eigenvalue weighted by Crippen LogP contribution is 2.29. The van der Waals surface area contributed by atoms with Gasteiger partial charge in [0.15, 0.2) is 0 Å². The van der Waals surface area contributed by atoms with E-state index in [1.807, 2.05) is 0 Å². The Kier molecular flexibility index (Phi) is 5.33. The highest BCUT2D eigenvalue weighted by atomic mass is 19.4. The fourth-order valence-electron chi connectivity index (χ4n) is 2.51. The SMILES string of the molecule is O=C(CC(F)(F)F)N(Cc1ccc(-c2noc(C(F)(F)F)n2)cc1)C1COC1. The van der Waals surface area contributed by atoms with Crippen LogP contribution in [0.3, 0.4) is 0 Å². The number of hydrogen-bond donors (Lipinski definition) is 0. The molecule has 2 aromatic rings. The van der Waals surface area contributed by atoms with Crippen LogP contribution in [-0.2, 0) is 22.3 Å². The third-order valence-electron chi connectivity index (χ3n) is 3.97. The van der Waals surface area contributed by atoms with E-state index in [1.165, 1.54) is 24.3 Å². The average Bonchev–Trinajstić information content (AvgIpc) is 3.02. The fraction of sp³-hybridized carbons (Fsp3) is 0.438. The number of nitrogens with zero attached hydrogens (tertiary/aromatic N) is 3. The summed E-state index contributed by atoms with van der Waals surface area (Å²) in [6.45, 7) is 0.193. The van der Waals surface area contributed by atoms with Crippen molar-refractivity contribution in [3.8, 4) is 11.4 Å². The van der Waals surface area contributed by atoms with Crippen LogP contribution in [0.1, 0.15) is 17.9 Å². The molecule has 0 spiro atoms. The number of carbonyl (C=O) groups excluding carboxylic acids is 1. The Morgan fingerprint density at radius 2 is 1.75 bits per heavy atom. The molecule has 1 amide bonds.